The number of fused-ring (bicyclic) bond motifs is 1. The van der Waals surface area contributed by atoms with Crippen molar-refractivity contribution < 1.29 is 24.3 Å². The number of hydrogen-bond donors (Lipinski definition) is 5. The van der Waals surface area contributed by atoms with Gasteiger partial charge in [0.25, 0.3) is 0 Å². The molecule has 0 radical (unpaired) electrons. The molecule has 0 fully saturated rings. The zero-order valence-electron chi connectivity index (χ0n) is 28.0. The molecule has 1 aromatic carbocycles. The summed E-state index contributed by atoms with van der Waals surface area (Å²) < 4.78 is 2.05. The number of amides is 3. The second kappa shape index (κ2) is 14.6. The number of aryl methyl sites for hydroxylation is 1. The van der Waals surface area contributed by atoms with Crippen LogP contribution in [0, 0.1) is 11.3 Å². The average Bonchev–Trinajstić information content (AvgIpc) is 3.28. The van der Waals surface area contributed by atoms with Gasteiger partial charge in [0, 0.05) is 47.9 Å². The van der Waals surface area contributed by atoms with E-state index in [0.29, 0.717) is 0 Å². The number of thiol groups is 1. The van der Waals surface area contributed by atoms with Crippen LogP contribution in [-0.2, 0) is 31.6 Å². The number of nitrogens with zero attached hydrogens (tertiary/aromatic N) is 2. The second-order valence-corrected chi connectivity index (χ2v) is 13.9. The molecule has 3 amide bonds. The summed E-state index contributed by atoms with van der Waals surface area (Å²) in [5, 5.41) is 19.1. The van der Waals surface area contributed by atoms with Crippen LogP contribution in [0.5, 0.6) is 0 Å². The summed E-state index contributed by atoms with van der Waals surface area (Å²) in [6, 6.07) is 4.90. The first-order chi connectivity index (χ1) is 20.3. The van der Waals surface area contributed by atoms with Crippen LogP contribution in [0.4, 0.5) is 0 Å². The number of benzene rings is 1. The molecule has 2 rings (SSSR count). The van der Waals surface area contributed by atoms with Gasteiger partial charge < -0.3 is 30.5 Å². The van der Waals surface area contributed by atoms with E-state index in [-0.39, 0.29) is 29.1 Å². The lowest BCUT2D eigenvalue weighted by Crippen LogP contribution is -2.61. The molecule has 10 nitrogen and oxygen atoms in total. The highest BCUT2D eigenvalue weighted by molar-refractivity contribution is 7.80. The van der Waals surface area contributed by atoms with E-state index in [2.05, 4.69) is 45.4 Å². The van der Waals surface area contributed by atoms with Crippen molar-refractivity contribution in [2.75, 3.05) is 19.8 Å². The van der Waals surface area contributed by atoms with Gasteiger partial charge in [-0.1, -0.05) is 72.7 Å². The van der Waals surface area contributed by atoms with E-state index in [0.717, 1.165) is 16.5 Å². The smallest absolute Gasteiger partial charge is 0.327 e. The van der Waals surface area contributed by atoms with Gasteiger partial charge in [-0.05, 0) is 36.9 Å². The standard InChI is InChI=1S/C33H51N5O5S/c1-19(2)25(16-20(3)28(39)35-23(18-44)31(42)43)38(11)30(41)27(32(4,5)6)36-29(40)26(34-9)33(7,8)22-17-37(10)24-15-13-12-14-21(22)24/h12-17,19,23,25-27,34,44H,18H2,1-11H3,(H,35,39)(H,36,40)(H,42,43)/b20-16+/t23-,25+,26+,27+/m0/s1. The minimum Gasteiger partial charge on any atom is -0.480 e. The summed E-state index contributed by atoms with van der Waals surface area (Å²) in [4.78, 5) is 53.8. The largest absolute Gasteiger partial charge is 0.480 e. The van der Waals surface area contributed by atoms with E-state index in [1.54, 1.807) is 32.0 Å². The normalized spacial score (nSPS) is 15.4. The highest BCUT2D eigenvalue weighted by Gasteiger charge is 2.42. The SMILES string of the molecule is CN[C@H](C(=O)N[C@H](C(=O)N(C)[C@H](/C=C(\C)C(=O)N[C@@H](CS)C(=O)O)C(C)C)C(C)(C)C)C(C)(C)c1cn(C)c2ccccc12. The Labute approximate surface area is 267 Å². The summed E-state index contributed by atoms with van der Waals surface area (Å²) >= 11 is 4.01. The van der Waals surface area contributed by atoms with Crippen LogP contribution in [0.25, 0.3) is 10.9 Å². The van der Waals surface area contributed by atoms with Crippen LogP contribution in [0.15, 0.2) is 42.1 Å². The van der Waals surface area contributed by atoms with E-state index in [9.17, 15) is 24.3 Å². The molecule has 0 spiro atoms. The minimum absolute atomic E-state index is 0.0573. The lowest BCUT2D eigenvalue weighted by molar-refractivity contribution is -0.140. The topological polar surface area (TPSA) is 133 Å². The molecule has 1 heterocycles. The van der Waals surface area contributed by atoms with E-state index < -0.39 is 46.9 Å². The molecule has 0 unspecified atom stereocenters. The van der Waals surface area contributed by atoms with Crippen molar-refractivity contribution in [1.29, 1.82) is 0 Å². The fourth-order valence-electron chi connectivity index (χ4n) is 5.60. The van der Waals surface area contributed by atoms with Crippen molar-refractivity contribution in [3.05, 3.63) is 47.7 Å². The van der Waals surface area contributed by atoms with Gasteiger partial charge in [-0.25, -0.2) is 4.79 Å². The third-order valence-corrected chi connectivity index (χ3v) is 8.67. The number of hydrogen-bond acceptors (Lipinski definition) is 6. The van der Waals surface area contributed by atoms with Gasteiger partial charge >= 0.3 is 5.97 Å². The summed E-state index contributed by atoms with van der Waals surface area (Å²) in [5.74, 6) is -2.47. The van der Waals surface area contributed by atoms with E-state index >= 15 is 0 Å². The Morgan fingerprint density at radius 3 is 2.14 bits per heavy atom. The van der Waals surface area contributed by atoms with Crippen LogP contribution >= 0.6 is 12.6 Å². The zero-order valence-corrected chi connectivity index (χ0v) is 28.9. The molecule has 0 aliphatic carbocycles. The Balaban J connectivity index is 2.39. The molecule has 11 heteroatoms. The number of carboxylic acid groups (broad SMARTS) is 1. The molecule has 1 aromatic heterocycles. The van der Waals surface area contributed by atoms with Gasteiger partial charge in [0.05, 0.1) is 12.1 Å². The van der Waals surface area contributed by atoms with Crippen molar-refractivity contribution in [1.82, 2.24) is 25.4 Å². The summed E-state index contributed by atoms with van der Waals surface area (Å²) in [6.07, 6.45) is 3.71. The van der Waals surface area contributed by atoms with E-state index in [1.807, 2.05) is 73.7 Å². The Bertz CT molecular complexity index is 1390. The van der Waals surface area contributed by atoms with Gasteiger partial charge in [-0.3, -0.25) is 14.4 Å². The number of likely N-dealkylation sites (N-methyl/N-ethyl adjacent to an activating group) is 2. The maximum absolute atomic E-state index is 14.1. The minimum atomic E-state index is -1.18. The number of carboxylic acids is 1. The highest BCUT2D eigenvalue weighted by atomic mass is 32.1. The van der Waals surface area contributed by atoms with Crippen LogP contribution in [0.3, 0.4) is 0 Å². The van der Waals surface area contributed by atoms with Gasteiger partial charge in [-0.2, -0.15) is 12.6 Å². The van der Waals surface area contributed by atoms with Gasteiger partial charge in [-0.15, -0.1) is 0 Å². The molecule has 4 atom stereocenters. The van der Waals surface area contributed by atoms with Crippen molar-refractivity contribution >= 4 is 47.2 Å². The second-order valence-electron chi connectivity index (χ2n) is 13.5. The van der Waals surface area contributed by atoms with Crippen LogP contribution in [0.1, 0.15) is 61.0 Å². The molecule has 4 N–H and O–H groups in total. The van der Waals surface area contributed by atoms with Crippen LogP contribution < -0.4 is 16.0 Å². The summed E-state index contributed by atoms with van der Waals surface area (Å²) in [7, 11) is 5.38. The Morgan fingerprint density at radius 1 is 1.05 bits per heavy atom. The highest BCUT2D eigenvalue weighted by Crippen LogP contribution is 2.35. The third kappa shape index (κ3) is 8.24. The quantitative estimate of drug-likeness (QED) is 0.170. The molecule has 0 aliphatic heterocycles. The first-order valence-electron chi connectivity index (χ1n) is 14.9. The first kappa shape index (κ1) is 36.9. The van der Waals surface area contributed by atoms with E-state index in [1.165, 1.54) is 0 Å². The van der Waals surface area contributed by atoms with Gasteiger partial charge in [0.2, 0.25) is 17.7 Å². The molecule has 0 aliphatic rings. The fourth-order valence-corrected chi connectivity index (χ4v) is 5.84. The maximum atomic E-state index is 14.1. The van der Waals surface area contributed by atoms with Gasteiger partial charge in [0.15, 0.2) is 0 Å². The monoisotopic (exact) mass is 629 g/mol. The summed E-state index contributed by atoms with van der Waals surface area (Å²) in [5.41, 5.74) is 1.09. The lowest BCUT2D eigenvalue weighted by atomic mass is 9.76. The Hall–Kier alpha value is -3.31. The number of aromatic nitrogens is 1. The predicted octanol–water partition coefficient (Wildman–Crippen LogP) is 3.50. The molecule has 0 bridgehead atoms. The predicted molar refractivity (Wildman–Crippen MR) is 179 cm³/mol. The summed E-state index contributed by atoms with van der Waals surface area (Å²) in [6.45, 7) is 15.2. The van der Waals surface area contributed by atoms with Crippen LogP contribution in [-0.4, -0.2) is 82.3 Å². The number of carbonyl (C=O) groups excluding carboxylic acids is 3. The number of para-hydroxylation sites is 1. The molecule has 0 saturated heterocycles. The van der Waals surface area contributed by atoms with E-state index in [4.69, 9.17) is 0 Å². The lowest BCUT2D eigenvalue weighted by Gasteiger charge is -2.39. The number of aliphatic carboxylic acids is 1. The molecule has 244 valence electrons. The Morgan fingerprint density at radius 2 is 1.64 bits per heavy atom. The van der Waals surface area contributed by atoms with Gasteiger partial charge in [0.1, 0.15) is 12.1 Å². The Kier molecular flexibility index (Phi) is 12.3. The number of rotatable bonds is 13. The molecule has 2 aromatic rings. The average molecular weight is 630 g/mol. The molecule has 0 saturated carbocycles. The molecular formula is C33H51N5O5S. The number of nitrogens with one attached hydrogen (secondary N) is 3. The zero-order chi connectivity index (χ0) is 33.7. The molecule has 44 heavy (non-hydrogen) atoms. The van der Waals surface area contributed by atoms with Crippen LogP contribution in [0.2, 0.25) is 0 Å². The van der Waals surface area contributed by atoms with Crippen molar-refractivity contribution in [2.45, 2.75) is 85.0 Å². The van der Waals surface area contributed by atoms with Crippen molar-refractivity contribution in [3.8, 4) is 0 Å². The first-order valence-corrected chi connectivity index (χ1v) is 15.5. The maximum Gasteiger partial charge on any atom is 0.327 e. The molecular weight excluding hydrogens is 578 g/mol. The third-order valence-electron chi connectivity index (χ3n) is 8.31. The fraction of sp³-hybridized carbons (Fsp3) is 0.576. The van der Waals surface area contributed by atoms with Crippen molar-refractivity contribution in [3.63, 3.8) is 0 Å². The van der Waals surface area contributed by atoms with Crippen molar-refractivity contribution in [2.24, 2.45) is 18.4 Å². The number of carbonyl (C=O) groups is 4.